The molecule has 1 saturated heterocycles. The number of anilines is 2. The SMILES string of the molecule is CNC1C(=O)Nc2cc(N3CCC(C)(C)C3)ccc21. The van der Waals surface area contributed by atoms with Crippen LogP contribution in [-0.4, -0.2) is 26.0 Å². The lowest BCUT2D eigenvalue weighted by atomic mass is 9.93. The Kier molecular flexibility index (Phi) is 2.78. The summed E-state index contributed by atoms with van der Waals surface area (Å²) in [6.45, 7) is 6.78. The zero-order chi connectivity index (χ0) is 13.6. The second kappa shape index (κ2) is 4.23. The third kappa shape index (κ3) is 2.10. The van der Waals surface area contributed by atoms with E-state index in [-0.39, 0.29) is 11.9 Å². The smallest absolute Gasteiger partial charge is 0.246 e. The van der Waals surface area contributed by atoms with E-state index in [0.29, 0.717) is 5.41 Å². The molecule has 0 radical (unpaired) electrons. The summed E-state index contributed by atoms with van der Waals surface area (Å²) in [6.07, 6.45) is 1.22. The van der Waals surface area contributed by atoms with Gasteiger partial charge in [-0.15, -0.1) is 0 Å². The summed E-state index contributed by atoms with van der Waals surface area (Å²) in [5.41, 5.74) is 3.60. The Labute approximate surface area is 114 Å². The summed E-state index contributed by atoms with van der Waals surface area (Å²) in [5.74, 6) is 0.0383. The number of amides is 1. The molecule has 0 spiro atoms. The predicted molar refractivity (Wildman–Crippen MR) is 77.5 cm³/mol. The molecule has 1 unspecified atom stereocenters. The third-order valence-corrected chi connectivity index (χ3v) is 4.20. The van der Waals surface area contributed by atoms with Gasteiger partial charge >= 0.3 is 0 Å². The minimum absolute atomic E-state index is 0.0383. The third-order valence-electron chi connectivity index (χ3n) is 4.20. The van der Waals surface area contributed by atoms with Crippen LogP contribution in [0.2, 0.25) is 0 Å². The van der Waals surface area contributed by atoms with E-state index in [4.69, 9.17) is 0 Å². The van der Waals surface area contributed by atoms with Crippen LogP contribution in [0.25, 0.3) is 0 Å². The Balaban J connectivity index is 1.88. The van der Waals surface area contributed by atoms with Crippen LogP contribution in [0, 0.1) is 5.41 Å². The number of carbonyl (C=O) groups excluding carboxylic acids is 1. The summed E-state index contributed by atoms with van der Waals surface area (Å²) in [5, 5.41) is 6.00. The zero-order valence-corrected chi connectivity index (χ0v) is 11.8. The van der Waals surface area contributed by atoms with Crippen molar-refractivity contribution in [2.24, 2.45) is 5.41 Å². The monoisotopic (exact) mass is 259 g/mol. The number of nitrogens with zero attached hydrogens (tertiary/aromatic N) is 1. The van der Waals surface area contributed by atoms with E-state index in [1.807, 2.05) is 7.05 Å². The highest BCUT2D eigenvalue weighted by atomic mass is 16.2. The molecule has 1 fully saturated rings. The van der Waals surface area contributed by atoms with E-state index in [2.05, 4.69) is 47.6 Å². The fourth-order valence-electron chi connectivity index (χ4n) is 3.07. The molecule has 2 aliphatic heterocycles. The van der Waals surface area contributed by atoms with Gasteiger partial charge in [0.25, 0.3) is 0 Å². The van der Waals surface area contributed by atoms with Gasteiger partial charge in [-0.3, -0.25) is 4.79 Å². The van der Waals surface area contributed by atoms with Gasteiger partial charge in [0.2, 0.25) is 5.91 Å². The fraction of sp³-hybridized carbons (Fsp3) is 0.533. The van der Waals surface area contributed by atoms with Gasteiger partial charge in [0.1, 0.15) is 6.04 Å². The van der Waals surface area contributed by atoms with Crippen LogP contribution in [0.4, 0.5) is 11.4 Å². The van der Waals surface area contributed by atoms with Gasteiger partial charge in [-0.2, -0.15) is 0 Å². The molecule has 4 heteroatoms. The van der Waals surface area contributed by atoms with Gasteiger partial charge in [-0.05, 0) is 31.0 Å². The maximum Gasteiger partial charge on any atom is 0.246 e. The topological polar surface area (TPSA) is 44.4 Å². The van der Waals surface area contributed by atoms with Crippen molar-refractivity contribution in [1.29, 1.82) is 0 Å². The largest absolute Gasteiger partial charge is 0.371 e. The average Bonchev–Trinajstić information content (AvgIpc) is 2.87. The number of carbonyl (C=O) groups is 1. The Morgan fingerprint density at radius 2 is 2.21 bits per heavy atom. The van der Waals surface area contributed by atoms with Gasteiger partial charge < -0.3 is 15.5 Å². The van der Waals surface area contributed by atoms with Crippen LogP contribution in [-0.2, 0) is 4.79 Å². The molecular weight excluding hydrogens is 238 g/mol. The molecule has 2 heterocycles. The molecule has 19 heavy (non-hydrogen) atoms. The molecule has 0 saturated carbocycles. The molecule has 1 aromatic carbocycles. The van der Waals surface area contributed by atoms with Gasteiger partial charge in [0.05, 0.1) is 0 Å². The molecule has 1 aromatic rings. The van der Waals surface area contributed by atoms with Crippen molar-refractivity contribution in [1.82, 2.24) is 5.32 Å². The first-order chi connectivity index (χ1) is 9.00. The maximum absolute atomic E-state index is 11.8. The molecule has 2 N–H and O–H groups in total. The van der Waals surface area contributed by atoms with Crippen molar-refractivity contribution >= 4 is 17.3 Å². The predicted octanol–water partition coefficient (Wildman–Crippen LogP) is 2.14. The summed E-state index contributed by atoms with van der Waals surface area (Å²) in [6, 6.07) is 6.09. The Morgan fingerprint density at radius 1 is 1.42 bits per heavy atom. The number of likely N-dealkylation sites (N-methyl/N-ethyl adjacent to an activating group) is 1. The quantitative estimate of drug-likeness (QED) is 0.855. The molecule has 102 valence electrons. The van der Waals surface area contributed by atoms with Crippen molar-refractivity contribution < 1.29 is 4.79 Å². The molecule has 3 rings (SSSR count). The highest BCUT2D eigenvalue weighted by Gasteiger charge is 2.32. The van der Waals surface area contributed by atoms with E-state index >= 15 is 0 Å². The number of fused-ring (bicyclic) bond motifs is 1. The molecule has 0 aliphatic carbocycles. The highest BCUT2D eigenvalue weighted by Crippen LogP contribution is 2.37. The first kappa shape index (κ1) is 12.5. The summed E-state index contributed by atoms with van der Waals surface area (Å²) in [7, 11) is 1.82. The van der Waals surface area contributed by atoms with Crippen LogP contribution in [0.5, 0.6) is 0 Å². The lowest BCUT2D eigenvalue weighted by molar-refractivity contribution is -0.117. The normalized spacial score (nSPS) is 24.5. The van der Waals surface area contributed by atoms with Crippen molar-refractivity contribution in [3.63, 3.8) is 0 Å². The number of rotatable bonds is 2. The van der Waals surface area contributed by atoms with Crippen LogP contribution in [0.1, 0.15) is 31.9 Å². The minimum atomic E-state index is -0.209. The maximum atomic E-state index is 11.8. The number of benzene rings is 1. The van der Waals surface area contributed by atoms with Crippen LogP contribution >= 0.6 is 0 Å². The average molecular weight is 259 g/mol. The summed E-state index contributed by atoms with van der Waals surface area (Å²) >= 11 is 0. The van der Waals surface area contributed by atoms with Gasteiger partial charge in [-0.25, -0.2) is 0 Å². The molecule has 4 nitrogen and oxygen atoms in total. The van der Waals surface area contributed by atoms with Gasteiger partial charge in [0, 0.05) is 30.0 Å². The molecule has 1 amide bonds. The lowest BCUT2D eigenvalue weighted by Gasteiger charge is -2.22. The Morgan fingerprint density at radius 3 is 2.84 bits per heavy atom. The van der Waals surface area contributed by atoms with Crippen molar-refractivity contribution in [2.75, 3.05) is 30.4 Å². The highest BCUT2D eigenvalue weighted by molar-refractivity contribution is 6.03. The van der Waals surface area contributed by atoms with E-state index < -0.39 is 0 Å². The molecule has 2 aliphatic rings. The zero-order valence-electron chi connectivity index (χ0n) is 11.8. The standard InChI is InChI=1S/C15H21N3O/c1-15(2)6-7-18(9-15)10-4-5-11-12(8-10)17-14(19)13(11)16-3/h4-5,8,13,16H,6-7,9H2,1-3H3,(H,17,19). The number of hydrogen-bond acceptors (Lipinski definition) is 3. The summed E-state index contributed by atoms with van der Waals surface area (Å²) in [4.78, 5) is 14.2. The second-order valence-corrected chi connectivity index (χ2v) is 6.32. The lowest BCUT2D eigenvalue weighted by Crippen LogP contribution is -2.23. The van der Waals surface area contributed by atoms with E-state index in [0.717, 1.165) is 24.3 Å². The van der Waals surface area contributed by atoms with Crippen molar-refractivity contribution in [2.45, 2.75) is 26.3 Å². The van der Waals surface area contributed by atoms with E-state index in [9.17, 15) is 4.79 Å². The Hall–Kier alpha value is -1.55. The minimum Gasteiger partial charge on any atom is -0.371 e. The van der Waals surface area contributed by atoms with Crippen LogP contribution < -0.4 is 15.5 Å². The van der Waals surface area contributed by atoms with Crippen molar-refractivity contribution in [3.05, 3.63) is 23.8 Å². The van der Waals surface area contributed by atoms with E-state index in [1.54, 1.807) is 0 Å². The fourth-order valence-corrected chi connectivity index (χ4v) is 3.07. The summed E-state index contributed by atoms with van der Waals surface area (Å²) < 4.78 is 0. The Bertz CT molecular complexity index is 524. The van der Waals surface area contributed by atoms with Gasteiger partial charge in [-0.1, -0.05) is 19.9 Å². The van der Waals surface area contributed by atoms with Gasteiger partial charge in [0.15, 0.2) is 0 Å². The van der Waals surface area contributed by atoms with E-state index in [1.165, 1.54) is 12.1 Å². The number of nitrogens with one attached hydrogen (secondary N) is 2. The molecule has 1 atom stereocenters. The number of hydrogen-bond donors (Lipinski definition) is 2. The van der Waals surface area contributed by atoms with Crippen LogP contribution in [0.3, 0.4) is 0 Å². The second-order valence-electron chi connectivity index (χ2n) is 6.32. The molecule has 0 bridgehead atoms. The first-order valence-electron chi connectivity index (χ1n) is 6.87. The molecular formula is C15H21N3O. The van der Waals surface area contributed by atoms with Crippen molar-refractivity contribution in [3.8, 4) is 0 Å². The first-order valence-corrected chi connectivity index (χ1v) is 6.87. The molecule has 0 aromatic heterocycles. The van der Waals surface area contributed by atoms with Crippen LogP contribution in [0.15, 0.2) is 18.2 Å².